The number of hydrogen-bond acceptors (Lipinski definition) is 6. The first kappa shape index (κ1) is 15.7. The molecule has 116 valence electrons. The van der Waals surface area contributed by atoms with Crippen LogP contribution in [0.15, 0.2) is 35.1 Å². The Kier molecular flexibility index (Phi) is 4.74. The minimum absolute atomic E-state index is 0.125. The molecule has 0 saturated carbocycles. The molecule has 0 aliphatic heterocycles. The minimum atomic E-state index is -0.125. The van der Waals surface area contributed by atoms with Crippen LogP contribution in [0.3, 0.4) is 0 Å². The minimum Gasteiger partial charge on any atom is -0.267 e. The lowest BCUT2D eigenvalue weighted by atomic mass is 10.2. The van der Waals surface area contributed by atoms with Gasteiger partial charge in [0.05, 0.1) is 17.3 Å². The highest BCUT2D eigenvalue weighted by Gasteiger charge is 2.08. The van der Waals surface area contributed by atoms with E-state index in [0.29, 0.717) is 16.3 Å². The van der Waals surface area contributed by atoms with Crippen LogP contribution in [0.25, 0.3) is 4.96 Å². The monoisotopic (exact) mass is 342 g/mol. The Morgan fingerprint density at radius 1 is 1.30 bits per heavy atom. The molecule has 23 heavy (non-hydrogen) atoms. The molecule has 0 amide bonds. The first-order valence-corrected chi connectivity index (χ1v) is 9.12. The molecule has 0 atom stereocenters. The maximum absolute atomic E-state index is 12.1. The third-order valence-electron chi connectivity index (χ3n) is 3.24. The summed E-state index contributed by atoms with van der Waals surface area (Å²) in [5.74, 6) is 1.49. The van der Waals surface area contributed by atoms with Gasteiger partial charge in [0.25, 0.3) is 5.56 Å². The topological polar surface area (TPSA) is 71.1 Å². The lowest BCUT2D eigenvalue weighted by molar-refractivity contribution is 0.852. The Bertz CT molecular complexity index is 922. The molecule has 3 aromatic rings. The van der Waals surface area contributed by atoms with Crippen molar-refractivity contribution in [3.8, 4) is 6.07 Å². The second-order valence-corrected chi connectivity index (χ2v) is 6.96. The number of rotatable bonds is 5. The largest absolute Gasteiger partial charge is 0.275 e. The zero-order valence-electron chi connectivity index (χ0n) is 12.5. The molecule has 0 bridgehead atoms. The highest BCUT2D eigenvalue weighted by atomic mass is 32.2. The number of nitrogens with zero attached hydrogens (tertiary/aromatic N) is 4. The summed E-state index contributed by atoms with van der Waals surface area (Å²) in [4.78, 5) is 17.2. The number of thioether (sulfide) groups is 1. The van der Waals surface area contributed by atoms with Crippen LogP contribution in [0.1, 0.15) is 28.8 Å². The molecule has 0 N–H and O–H groups in total. The summed E-state index contributed by atoms with van der Waals surface area (Å²) in [7, 11) is 0. The SMILES string of the molecule is CCc1nn2c(=O)cc(CSCc3ccc(C#N)cc3)nc2s1. The normalized spacial score (nSPS) is 10.8. The first-order valence-electron chi connectivity index (χ1n) is 7.15. The molecule has 0 saturated heterocycles. The smallest absolute Gasteiger partial charge is 0.267 e. The van der Waals surface area contributed by atoms with Gasteiger partial charge >= 0.3 is 0 Å². The molecule has 7 heteroatoms. The van der Waals surface area contributed by atoms with Crippen LogP contribution in [0.2, 0.25) is 0 Å². The second kappa shape index (κ2) is 6.94. The fourth-order valence-electron chi connectivity index (χ4n) is 2.06. The van der Waals surface area contributed by atoms with E-state index >= 15 is 0 Å². The first-order chi connectivity index (χ1) is 11.2. The van der Waals surface area contributed by atoms with Gasteiger partial charge in [0.15, 0.2) is 0 Å². The van der Waals surface area contributed by atoms with Crippen LogP contribution in [-0.2, 0) is 17.9 Å². The third-order valence-corrected chi connectivity index (χ3v) is 5.33. The van der Waals surface area contributed by atoms with Crippen LogP contribution in [-0.4, -0.2) is 14.6 Å². The van der Waals surface area contributed by atoms with Crippen molar-refractivity contribution in [2.75, 3.05) is 0 Å². The highest BCUT2D eigenvalue weighted by molar-refractivity contribution is 7.97. The Morgan fingerprint density at radius 2 is 2.09 bits per heavy atom. The van der Waals surface area contributed by atoms with E-state index in [1.165, 1.54) is 15.9 Å². The summed E-state index contributed by atoms with van der Waals surface area (Å²) >= 11 is 3.15. The van der Waals surface area contributed by atoms with Gasteiger partial charge in [0.1, 0.15) is 5.01 Å². The van der Waals surface area contributed by atoms with Gasteiger partial charge in [-0.3, -0.25) is 4.79 Å². The van der Waals surface area contributed by atoms with E-state index in [9.17, 15) is 4.79 Å². The van der Waals surface area contributed by atoms with Gasteiger partial charge in [-0.25, -0.2) is 4.98 Å². The van der Waals surface area contributed by atoms with Crippen molar-refractivity contribution in [2.45, 2.75) is 24.9 Å². The van der Waals surface area contributed by atoms with Crippen molar-refractivity contribution in [3.63, 3.8) is 0 Å². The van der Waals surface area contributed by atoms with Crippen molar-refractivity contribution >= 4 is 28.1 Å². The van der Waals surface area contributed by atoms with Crippen LogP contribution in [0.4, 0.5) is 0 Å². The van der Waals surface area contributed by atoms with Crippen molar-refractivity contribution in [2.24, 2.45) is 0 Å². The molecular weight excluding hydrogens is 328 g/mol. The van der Waals surface area contributed by atoms with Crippen LogP contribution < -0.4 is 5.56 Å². The molecule has 0 spiro atoms. The maximum Gasteiger partial charge on any atom is 0.275 e. The predicted octanol–water partition coefficient (Wildman–Crippen LogP) is 3.02. The summed E-state index contributed by atoms with van der Waals surface area (Å²) in [6.07, 6.45) is 0.802. The summed E-state index contributed by atoms with van der Waals surface area (Å²) in [5, 5.41) is 13.9. The van der Waals surface area contributed by atoms with E-state index in [1.807, 2.05) is 31.2 Å². The summed E-state index contributed by atoms with van der Waals surface area (Å²) in [6.45, 7) is 2.01. The molecule has 1 aromatic carbocycles. The number of aromatic nitrogens is 3. The zero-order valence-corrected chi connectivity index (χ0v) is 14.2. The number of aryl methyl sites for hydroxylation is 1. The average molecular weight is 342 g/mol. The molecule has 0 radical (unpaired) electrons. The van der Waals surface area contributed by atoms with E-state index < -0.39 is 0 Å². The van der Waals surface area contributed by atoms with E-state index in [2.05, 4.69) is 16.2 Å². The fraction of sp³-hybridized carbons (Fsp3) is 0.250. The molecule has 0 unspecified atom stereocenters. The van der Waals surface area contributed by atoms with Gasteiger partial charge in [-0.15, -0.1) is 0 Å². The van der Waals surface area contributed by atoms with Crippen molar-refractivity contribution in [1.29, 1.82) is 5.26 Å². The molecule has 5 nitrogen and oxygen atoms in total. The molecule has 2 aromatic heterocycles. The summed E-state index contributed by atoms with van der Waals surface area (Å²) in [6, 6.07) is 11.2. The third kappa shape index (κ3) is 3.60. The molecule has 0 fully saturated rings. The average Bonchev–Trinajstić information content (AvgIpc) is 2.99. The van der Waals surface area contributed by atoms with E-state index in [1.54, 1.807) is 17.8 Å². The van der Waals surface area contributed by atoms with Gasteiger partial charge in [0.2, 0.25) is 4.96 Å². The number of fused-ring (bicyclic) bond motifs is 1. The molecule has 3 rings (SSSR count). The quantitative estimate of drug-likeness (QED) is 0.713. The van der Waals surface area contributed by atoms with E-state index in [4.69, 9.17) is 5.26 Å². The Morgan fingerprint density at radius 3 is 2.78 bits per heavy atom. The molecule has 0 aliphatic rings. The van der Waals surface area contributed by atoms with Gasteiger partial charge in [-0.05, 0) is 24.1 Å². The lowest BCUT2D eigenvalue weighted by Gasteiger charge is -2.02. The van der Waals surface area contributed by atoms with Gasteiger partial charge in [0, 0.05) is 17.6 Å². The zero-order chi connectivity index (χ0) is 16.2. The number of nitriles is 1. The number of benzene rings is 1. The Labute approximate surface area is 141 Å². The van der Waals surface area contributed by atoms with Gasteiger partial charge in [-0.2, -0.15) is 26.6 Å². The highest BCUT2D eigenvalue weighted by Crippen LogP contribution is 2.18. The predicted molar refractivity (Wildman–Crippen MR) is 92.7 cm³/mol. The molecule has 0 aliphatic carbocycles. The fourth-order valence-corrected chi connectivity index (χ4v) is 3.81. The summed E-state index contributed by atoms with van der Waals surface area (Å²) < 4.78 is 1.37. The van der Waals surface area contributed by atoms with Crippen LogP contribution in [0.5, 0.6) is 0 Å². The maximum atomic E-state index is 12.1. The van der Waals surface area contributed by atoms with Crippen LogP contribution in [0, 0.1) is 11.3 Å². The van der Waals surface area contributed by atoms with E-state index in [-0.39, 0.29) is 5.56 Å². The Hall–Kier alpha value is -2.17. The van der Waals surface area contributed by atoms with Crippen molar-refractivity contribution in [1.82, 2.24) is 14.6 Å². The van der Waals surface area contributed by atoms with Crippen molar-refractivity contribution in [3.05, 3.63) is 62.5 Å². The lowest BCUT2D eigenvalue weighted by Crippen LogP contribution is -2.15. The van der Waals surface area contributed by atoms with Gasteiger partial charge in [-0.1, -0.05) is 30.4 Å². The second-order valence-electron chi connectivity index (χ2n) is 4.93. The molecular formula is C16H14N4OS2. The number of hydrogen-bond donors (Lipinski definition) is 0. The van der Waals surface area contributed by atoms with Gasteiger partial charge < -0.3 is 0 Å². The standard InChI is InChI=1S/C16H14N4OS2/c1-2-14-19-20-15(21)7-13(18-16(20)23-14)10-22-9-12-5-3-11(8-17)4-6-12/h3-7H,2,9-10H2,1H3. The molecule has 2 heterocycles. The van der Waals surface area contributed by atoms with Crippen molar-refractivity contribution < 1.29 is 0 Å². The van der Waals surface area contributed by atoms with Crippen LogP contribution >= 0.6 is 23.1 Å². The summed E-state index contributed by atoms with van der Waals surface area (Å²) in [5.41, 5.74) is 2.47. The van der Waals surface area contributed by atoms with E-state index in [0.717, 1.165) is 28.4 Å². The Balaban J connectivity index is 1.69.